The van der Waals surface area contributed by atoms with E-state index in [1.807, 2.05) is 6.92 Å². The summed E-state index contributed by atoms with van der Waals surface area (Å²) in [6, 6.07) is 0. The van der Waals surface area contributed by atoms with E-state index in [0.29, 0.717) is 11.6 Å². The van der Waals surface area contributed by atoms with Crippen molar-refractivity contribution < 1.29 is 9.53 Å². The summed E-state index contributed by atoms with van der Waals surface area (Å²) in [6.07, 6.45) is 4.73. The van der Waals surface area contributed by atoms with Crippen molar-refractivity contribution in [3.8, 4) is 0 Å². The summed E-state index contributed by atoms with van der Waals surface area (Å²) in [7, 11) is 0. The molecule has 0 aliphatic heterocycles. The van der Waals surface area contributed by atoms with Crippen LogP contribution in [0.25, 0.3) is 0 Å². The molecule has 92 valence electrons. The number of rotatable bonds is 6. The zero-order valence-electron chi connectivity index (χ0n) is 9.75. The number of carbonyl (C=O) groups excluding carboxylic acids is 1. The third kappa shape index (κ3) is 3.42. The molecule has 1 aliphatic rings. The van der Waals surface area contributed by atoms with Gasteiger partial charge in [-0.1, -0.05) is 32.0 Å². The molecule has 0 aromatic heterocycles. The minimum absolute atomic E-state index is 0.0954. The fourth-order valence-electron chi connectivity index (χ4n) is 2.02. The lowest BCUT2D eigenvalue weighted by atomic mass is 9.97. The number of hydrogen-bond donors (Lipinski definition) is 2. The highest BCUT2D eigenvalue weighted by Gasteiger charge is 2.37. The maximum Gasteiger partial charge on any atom is 0.246 e. The molecule has 1 fully saturated rings. The lowest BCUT2D eigenvalue weighted by molar-refractivity contribution is -0.126. The highest BCUT2D eigenvalue weighted by atomic mass is 32.1. The van der Waals surface area contributed by atoms with E-state index in [2.05, 4.69) is 5.32 Å². The summed E-state index contributed by atoms with van der Waals surface area (Å²) in [5, 5.41) is 2.92. The predicted molar refractivity (Wildman–Crippen MR) is 67.2 cm³/mol. The Morgan fingerprint density at radius 1 is 1.50 bits per heavy atom. The highest BCUT2D eigenvalue weighted by molar-refractivity contribution is 7.80. The van der Waals surface area contributed by atoms with Crippen molar-refractivity contribution in [1.82, 2.24) is 5.32 Å². The zero-order valence-corrected chi connectivity index (χ0v) is 10.6. The van der Waals surface area contributed by atoms with Crippen LogP contribution in [0.2, 0.25) is 0 Å². The molecule has 0 heterocycles. The fraction of sp³-hybridized carbons (Fsp3) is 0.818. The Labute approximate surface area is 102 Å². The Kier molecular flexibility index (Phi) is 5.15. The van der Waals surface area contributed by atoms with Gasteiger partial charge in [0.25, 0.3) is 0 Å². The van der Waals surface area contributed by atoms with Crippen LogP contribution < -0.4 is 11.1 Å². The molecule has 1 rings (SSSR count). The van der Waals surface area contributed by atoms with Crippen LogP contribution in [0.15, 0.2) is 0 Å². The largest absolute Gasteiger partial charge is 0.391 e. The van der Waals surface area contributed by atoms with Gasteiger partial charge in [0.15, 0.2) is 0 Å². The van der Waals surface area contributed by atoms with Crippen LogP contribution in [0, 0.1) is 0 Å². The average Bonchev–Trinajstić information content (AvgIpc) is 2.68. The summed E-state index contributed by atoms with van der Waals surface area (Å²) >= 11 is 5.04. The van der Waals surface area contributed by atoms with Gasteiger partial charge >= 0.3 is 0 Å². The van der Waals surface area contributed by atoms with Gasteiger partial charge in [0.1, 0.15) is 6.61 Å². The van der Waals surface area contributed by atoms with E-state index in [9.17, 15) is 4.79 Å². The van der Waals surface area contributed by atoms with Crippen molar-refractivity contribution in [2.45, 2.75) is 44.6 Å². The number of amides is 1. The standard InChI is InChI=1S/C11H20N2O2S/c1-2-7-15-8-9(14)13-11(10(12)16)5-3-4-6-11/h2-8H2,1H3,(H2,12,16)(H,13,14). The van der Waals surface area contributed by atoms with Gasteiger partial charge < -0.3 is 15.8 Å². The van der Waals surface area contributed by atoms with Gasteiger partial charge in [0.05, 0.1) is 10.5 Å². The zero-order chi connectivity index (χ0) is 12.0. The van der Waals surface area contributed by atoms with Gasteiger partial charge in [0.2, 0.25) is 5.91 Å². The first-order valence-corrected chi connectivity index (χ1v) is 6.20. The third-order valence-electron chi connectivity index (χ3n) is 2.89. The lowest BCUT2D eigenvalue weighted by Crippen LogP contribution is -2.55. The quantitative estimate of drug-likeness (QED) is 0.543. The molecule has 0 unspecified atom stereocenters. The van der Waals surface area contributed by atoms with E-state index >= 15 is 0 Å². The van der Waals surface area contributed by atoms with E-state index in [-0.39, 0.29) is 12.5 Å². The summed E-state index contributed by atoms with van der Waals surface area (Å²) in [5.74, 6) is -0.122. The topological polar surface area (TPSA) is 64.3 Å². The molecule has 16 heavy (non-hydrogen) atoms. The highest BCUT2D eigenvalue weighted by Crippen LogP contribution is 2.29. The number of nitrogens with one attached hydrogen (secondary N) is 1. The van der Waals surface area contributed by atoms with Gasteiger partial charge in [-0.2, -0.15) is 0 Å². The first-order chi connectivity index (χ1) is 7.60. The summed E-state index contributed by atoms with van der Waals surface area (Å²) in [5.41, 5.74) is 5.26. The van der Waals surface area contributed by atoms with E-state index < -0.39 is 5.54 Å². The van der Waals surface area contributed by atoms with Crippen molar-refractivity contribution in [1.29, 1.82) is 0 Å². The Bertz CT molecular complexity index is 263. The Balaban J connectivity index is 2.43. The van der Waals surface area contributed by atoms with Gasteiger partial charge in [-0.05, 0) is 19.3 Å². The Morgan fingerprint density at radius 2 is 2.12 bits per heavy atom. The molecule has 1 aliphatic carbocycles. The Morgan fingerprint density at radius 3 is 2.62 bits per heavy atom. The van der Waals surface area contributed by atoms with Gasteiger partial charge in [-0.25, -0.2) is 0 Å². The molecule has 0 aromatic carbocycles. The molecular formula is C11H20N2O2S. The van der Waals surface area contributed by atoms with E-state index in [0.717, 1.165) is 32.1 Å². The maximum atomic E-state index is 11.6. The normalized spacial score (nSPS) is 18.3. The molecule has 0 saturated heterocycles. The minimum Gasteiger partial charge on any atom is -0.391 e. The third-order valence-corrected chi connectivity index (χ3v) is 3.28. The molecule has 1 saturated carbocycles. The van der Waals surface area contributed by atoms with Gasteiger partial charge in [-0.3, -0.25) is 4.79 Å². The van der Waals surface area contributed by atoms with Crippen LogP contribution in [0.1, 0.15) is 39.0 Å². The van der Waals surface area contributed by atoms with Crippen LogP contribution in [0.5, 0.6) is 0 Å². The number of nitrogens with two attached hydrogens (primary N) is 1. The van der Waals surface area contributed by atoms with Crippen LogP contribution in [0.4, 0.5) is 0 Å². The number of hydrogen-bond acceptors (Lipinski definition) is 3. The van der Waals surface area contributed by atoms with Crippen molar-refractivity contribution in [2.24, 2.45) is 5.73 Å². The predicted octanol–water partition coefficient (Wildman–Crippen LogP) is 1.13. The first kappa shape index (κ1) is 13.4. The van der Waals surface area contributed by atoms with Crippen LogP contribution in [0.3, 0.4) is 0 Å². The molecule has 4 nitrogen and oxygen atoms in total. The molecule has 0 bridgehead atoms. The van der Waals surface area contributed by atoms with Crippen LogP contribution >= 0.6 is 12.2 Å². The van der Waals surface area contributed by atoms with E-state index in [1.54, 1.807) is 0 Å². The molecule has 0 aromatic rings. The molecule has 5 heteroatoms. The van der Waals surface area contributed by atoms with Crippen molar-refractivity contribution in [3.63, 3.8) is 0 Å². The fourth-order valence-corrected chi connectivity index (χ4v) is 2.28. The maximum absolute atomic E-state index is 11.6. The summed E-state index contributed by atoms with van der Waals surface area (Å²) in [4.78, 5) is 12.0. The van der Waals surface area contributed by atoms with Gasteiger partial charge in [0, 0.05) is 6.61 Å². The molecule has 0 radical (unpaired) electrons. The molecule has 0 spiro atoms. The molecule has 0 atom stereocenters. The molecule has 1 amide bonds. The van der Waals surface area contributed by atoms with Crippen molar-refractivity contribution in [2.75, 3.05) is 13.2 Å². The van der Waals surface area contributed by atoms with E-state index in [4.69, 9.17) is 22.7 Å². The second-order valence-corrected chi connectivity index (χ2v) is 4.69. The van der Waals surface area contributed by atoms with Crippen LogP contribution in [-0.2, 0) is 9.53 Å². The summed E-state index contributed by atoms with van der Waals surface area (Å²) < 4.78 is 5.18. The van der Waals surface area contributed by atoms with Crippen molar-refractivity contribution in [3.05, 3.63) is 0 Å². The first-order valence-electron chi connectivity index (χ1n) is 5.79. The summed E-state index contributed by atoms with van der Waals surface area (Å²) in [6.45, 7) is 2.71. The van der Waals surface area contributed by atoms with Crippen LogP contribution in [-0.4, -0.2) is 29.6 Å². The lowest BCUT2D eigenvalue weighted by Gasteiger charge is -2.28. The SMILES string of the molecule is CCCOCC(=O)NC1(C(N)=S)CCCC1. The monoisotopic (exact) mass is 244 g/mol. The Hall–Kier alpha value is -0.680. The van der Waals surface area contributed by atoms with Gasteiger partial charge in [-0.15, -0.1) is 0 Å². The number of thiocarbonyl (C=S) groups is 1. The smallest absolute Gasteiger partial charge is 0.246 e. The van der Waals surface area contributed by atoms with Crippen molar-refractivity contribution >= 4 is 23.1 Å². The van der Waals surface area contributed by atoms with E-state index in [1.165, 1.54) is 0 Å². The average molecular weight is 244 g/mol. The number of carbonyl (C=O) groups is 1. The number of ether oxygens (including phenoxy) is 1. The minimum atomic E-state index is -0.456. The second kappa shape index (κ2) is 6.15. The molecular weight excluding hydrogens is 224 g/mol. The molecule has 3 N–H and O–H groups in total. The second-order valence-electron chi connectivity index (χ2n) is 4.25.